The second-order valence-corrected chi connectivity index (χ2v) is 5.25. The minimum Gasteiger partial charge on any atom is -0.314 e. The fourth-order valence-electron chi connectivity index (χ4n) is 2.64. The number of nitrogens with zero attached hydrogens (tertiary/aromatic N) is 1. The SMILES string of the molecule is FC[C@@H](c1cc(C(F)(F)F)ccc1C(F)(F)F)N1CCNCC1. The molecule has 1 aromatic carbocycles. The molecule has 0 radical (unpaired) electrons. The van der Waals surface area contributed by atoms with Gasteiger partial charge in [-0.2, -0.15) is 26.3 Å². The first-order valence-electron chi connectivity index (χ1n) is 6.93. The van der Waals surface area contributed by atoms with Crippen LogP contribution in [0.15, 0.2) is 18.2 Å². The van der Waals surface area contributed by atoms with Crippen LogP contribution in [-0.2, 0) is 12.4 Å². The van der Waals surface area contributed by atoms with Crippen molar-refractivity contribution in [2.24, 2.45) is 0 Å². The summed E-state index contributed by atoms with van der Waals surface area (Å²) in [7, 11) is 0. The van der Waals surface area contributed by atoms with Gasteiger partial charge in [-0.25, -0.2) is 4.39 Å². The highest BCUT2D eigenvalue weighted by molar-refractivity contribution is 5.38. The molecule has 0 amide bonds. The molecular weight excluding hydrogens is 329 g/mol. The van der Waals surface area contributed by atoms with Gasteiger partial charge in [0.2, 0.25) is 0 Å². The predicted molar refractivity (Wildman–Crippen MR) is 69.6 cm³/mol. The Morgan fingerprint density at radius 2 is 1.61 bits per heavy atom. The molecule has 23 heavy (non-hydrogen) atoms. The summed E-state index contributed by atoms with van der Waals surface area (Å²) in [5, 5.41) is 2.96. The highest BCUT2D eigenvalue weighted by Gasteiger charge is 2.39. The first-order valence-corrected chi connectivity index (χ1v) is 6.93. The summed E-state index contributed by atoms with van der Waals surface area (Å²) in [5.74, 6) is 0. The van der Waals surface area contributed by atoms with Crippen LogP contribution in [0.1, 0.15) is 22.7 Å². The van der Waals surface area contributed by atoms with Gasteiger partial charge in [0.15, 0.2) is 0 Å². The van der Waals surface area contributed by atoms with Gasteiger partial charge in [-0.1, -0.05) is 0 Å². The van der Waals surface area contributed by atoms with Crippen LogP contribution in [0.25, 0.3) is 0 Å². The van der Waals surface area contributed by atoms with Crippen molar-refractivity contribution in [3.63, 3.8) is 0 Å². The third-order valence-corrected chi connectivity index (χ3v) is 3.78. The standard InChI is InChI=1S/C14H15F7N2/c15-8-12(23-5-3-22-4-6-23)10-7-9(13(16,17)18)1-2-11(10)14(19,20)21/h1-2,7,12,22H,3-6,8H2/t12-/m0/s1. The van der Waals surface area contributed by atoms with Crippen LogP contribution in [0.3, 0.4) is 0 Å². The number of hydrogen-bond acceptors (Lipinski definition) is 2. The monoisotopic (exact) mass is 344 g/mol. The van der Waals surface area contributed by atoms with E-state index in [1.54, 1.807) is 0 Å². The first kappa shape index (κ1) is 18.0. The Morgan fingerprint density at radius 1 is 1.00 bits per heavy atom. The summed E-state index contributed by atoms with van der Waals surface area (Å²) in [6.07, 6.45) is -9.63. The summed E-state index contributed by atoms with van der Waals surface area (Å²) < 4.78 is 91.2. The van der Waals surface area contributed by atoms with E-state index in [1.807, 2.05) is 0 Å². The van der Waals surface area contributed by atoms with E-state index in [0.717, 1.165) is 0 Å². The Bertz CT molecular complexity index is 533. The van der Waals surface area contributed by atoms with Gasteiger partial charge in [0.1, 0.15) is 6.67 Å². The number of nitrogens with one attached hydrogen (secondary N) is 1. The molecule has 1 fully saturated rings. The maximum absolute atomic E-state index is 13.4. The highest BCUT2D eigenvalue weighted by atomic mass is 19.4. The molecule has 1 aromatic rings. The predicted octanol–water partition coefficient (Wildman–Crippen LogP) is 3.64. The van der Waals surface area contributed by atoms with E-state index in [1.165, 1.54) is 4.90 Å². The quantitative estimate of drug-likeness (QED) is 0.843. The Balaban J connectivity index is 2.50. The largest absolute Gasteiger partial charge is 0.416 e. The number of alkyl halides is 7. The minimum absolute atomic E-state index is 0.266. The molecule has 0 unspecified atom stereocenters. The zero-order chi connectivity index (χ0) is 17.3. The number of hydrogen-bond donors (Lipinski definition) is 1. The molecule has 9 heteroatoms. The zero-order valence-electron chi connectivity index (χ0n) is 11.9. The smallest absolute Gasteiger partial charge is 0.314 e. The van der Waals surface area contributed by atoms with E-state index < -0.39 is 41.8 Å². The topological polar surface area (TPSA) is 15.3 Å². The van der Waals surface area contributed by atoms with E-state index in [9.17, 15) is 30.7 Å². The lowest BCUT2D eigenvalue weighted by Crippen LogP contribution is -2.46. The maximum atomic E-state index is 13.4. The van der Waals surface area contributed by atoms with Crippen LogP contribution in [0.5, 0.6) is 0 Å². The van der Waals surface area contributed by atoms with Gasteiger partial charge in [-0.3, -0.25) is 4.90 Å². The molecule has 2 rings (SSSR count). The van der Waals surface area contributed by atoms with Crippen molar-refractivity contribution in [3.05, 3.63) is 34.9 Å². The van der Waals surface area contributed by atoms with Crippen molar-refractivity contribution < 1.29 is 30.7 Å². The molecule has 0 aliphatic carbocycles. The van der Waals surface area contributed by atoms with Gasteiger partial charge < -0.3 is 5.32 Å². The molecule has 2 nitrogen and oxygen atoms in total. The Kier molecular flexibility index (Phi) is 5.20. The van der Waals surface area contributed by atoms with Crippen LogP contribution >= 0.6 is 0 Å². The molecular formula is C14H15F7N2. The van der Waals surface area contributed by atoms with E-state index in [0.29, 0.717) is 31.3 Å². The first-order chi connectivity index (χ1) is 10.6. The molecule has 0 aromatic heterocycles. The fraction of sp³-hybridized carbons (Fsp3) is 0.571. The number of piperazine rings is 1. The minimum atomic E-state index is -4.85. The molecule has 1 heterocycles. The number of halogens is 7. The maximum Gasteiger partial charge on any atom is 0.416 e. The van der Waals surface area contributed by atoms with Crippen LogP contribution in [0.4, 0.5) is 30.7 Å². The Morgan fingerprint density at radius 3 is 2.09 bits per heavy atom. The fourth-order valence-corrected chi connectivity index (χ4v) is 2.64. The van der Waals surface area contributed by atoms with Crippen molar-refractivity contribution in [2.75, 3.05) is 32.9 Å². The zero-order valence-corrected chi connectivity index (χ0v) is 11.9. The second-order valence-electron chi connectivity index (χ2n) is 5.25. The van der Waals surface area contributed by atoms with Crippen LogP contribution < -0.4 is 5.32 Å². The molecule has 130 valence electrons. The lowest BCUT2D eigenvalue weighted by atomic mass is 9.96. The second kappa shape index (κ2) is 6.64. The lowest BCUT2D eigenvalue weighted by molar-refractivity contribution is -0.142. The van der Waals surface area contributed by atoms with Crippen molar-refractivity contribution in [1.82, 2.24) is 10.2 Å². The van der Waals surface area contributed by atoms with E-state index in [-0.39, 0.29) is 13.1 Å². The molecule has 1 aliphatic heterocycles. The van der Waals surface area contributed by atoms with Gasteiger partial charge in [-0.15, -0.1) is 0 Å². The average Bonchev–Trinajstić information content (AvgIpc) is 2.47. The lowest BCUT2D eigenvalue weighted by Gasteiger charge is -2.35. The molecule has 0 spiro atoms. The Labute approximate surface area is 128 Å². The highest BCUT2D eigenvalue weighted by Crippen LogP contribution is 2.40. The molecule has 1 atom stereocenters. The van der Waals surface area contributed by atoms with Crippen LogP contribution in [0, 0.1) is 0 Å². The normalized spacial score (nSPS) is 18.9. The third kappa shape index (κ3) is 4.14. The van der Waals surface area contributed by atoms with Crippen molar-refractivity contribution in [3.8, 4) is 0 Å². The Hall–Kier alpha value is -1.35. The van der Waals surface area contributed by atoms with E-state index >= 15 is 0 Å². The summed E-state index contributed by atoms with van der Waals surface area (Å²) in [5.41, 5.74) is -3.11. The van der Waals surface area contributed by atoms with E-state index in [4.69, 9.17) is 0 Å². The molecule has 1 N–H and O–H groups in total. The molecule has 0 bridgehead atoms. The van der Waals surface area contributed by atoms with Crippen molar-refractivity contribution in [1.29, 1.82) is 0 Å². The van der Waals surface area contributed by atoms with Gasteiger partial charge in [0.25, 0.3) is 0 Å². The van der Waals surface area contributed by atoms with Crippen molar-refractivity contribution >= 4 is 0 Å². The van der Waals surface area contributed by atoms with Gasteiger partial charge in [0, 0.05) is 26.2 Å². The molecule has 1 saturated heterocycles. The molecule has 1 aliphatic rings. The van der Waals surface area contributed by atoms with E-state index in [2.05, 4.69) is 5.32 Å². The summed E-state index contributed by atoms with van der Waals surface area (Å²) in [6, 6.07) is -0.187. The van der Waals surface area contributed by atoms with Crippen molar-refractivity contribution in [2.45, 2.75) is 18.4 Å². The summed E-state index contributed by atoms with van der Waals surface area (Å²) >= 11 is 0. The summed E-state index contributed by atoms with van der Waals surface area (Å²) in [4.78, 5) is 1.43. The van der Waals surface area contributed by atoms with Gasteiger partial charge in [0.05, 0.1) is 17.2 Å². The van der Waals surface area contributed by atoms with Crippen LogP contribution in [0.2, 0.25) is 0 Å². The summed E-state index contributed by atoms with van der Waals surface area (Å²) in [6.45, 7) is 0.224. The van der Waals surface area contributed by atoms with Crippen LogP contribution in [-0.4, -0.2) is 37.8 Å². The molecule has 0 saturated carbocycles. The number of rotatable bonds is 3. The average molecular weight is 344 g/mol. The van der Waals surface area contributed by atoms with Gasteiger partial charge >= 0.3 is 12.4 Å². The third-order valence-electron chi connectivity index (χ3n) is 3.78. The van der Waals surface area contributed by atoms with Gasteiger partial charge in [-0.05, 0) is 23.8 Å². The number of benzene rings is 1.